The van der Waals surface area contributed by atoms with Crippen LogP contribution in [0, 0.1) is 0 Å². The molecule has 1 fully saturated rings. The fourth-order valence-corrected chi connectivity index (χ4v) is 2.26. The van der Waals surface area contributed by atoms with E-state index in [0.29, 0.717) is 0 Å². The van der Waals surface area contributed by atoms with E-state index < -0.39 is 0 Å². The summed E-state index contributed by atoms with van der Waals surface area (Å²) in [4.78, 5) is 14.3. The van der Waals surface area contributed by atoms with E-state index in [1.54, 1.807) is 0 Å². The van der Waals surface area contributed by atoms with Crippen LogP contribution in [-0.2, 0) is 0 Å². The lowest BCUT2D eigenvalue weighted by Crippen LogP contribution is -2.57. The van der Waals surface area contributed by atoms with Gasteiger partial charge < -0.3 is 10.2 Å². The van der Waals surface area contributed by atoms with Crippen LogP contribution < -0.4 is 5.32 Å². The molecule has 1 amide bonds. The lowest BCUT2D eigenvalue weighted by atomic mass is 10.1. The number of hydrogen-bond donors (Lipinski definition) is 1. The van der Waals surface area contributed by atoms with Crippen molar-refractivity contribution in [2.24, 2.45) is 0 Å². The van der Waals surface area contributed by atoms with Gasteiger partial charge >= 0.3 is 0 Å². The van der Waals surface area contributed by atoms with Crippen molar-refractivity contribution < 1.29 is 4.79 Å². The molecule has 3 heteroatoms. The smallest absolute Gasteiger partial charge is 0.254 e. The van der Waals surface area contributed by atoms with E-state index in [1.807, 2.05) is 35.2 Å². The van der Waals surface area contributed by atoms with E-state index in [-0.39, 0.29) is 18.0 Å². The van der Waals surface area contributed by atoms with Gasteiger partial charge in [0.25, 0.3) is 5.91 Å². The second-order valence-electron chi connectivity index (χ2n) is 4.43. The predicted octanol–water partition coefficient (Wildman–Crippen LogP) is 1.51. The summed E-state index contributed by atoms with van der Waals surface area (Å²) in [5.41, 5.74) is 0.781. The first kappa shape index (κ1) is 11.1. The molecule has 0 saturated carbocycles. The Balaban J connectivity index is 2.20. The van der Waals surface area contributed by atoms with Crippen LogP contribution >= 0.6 is 0 Å². The predicted molar refractivity (Wildman–Crippen MR) is 64.4 cm³/mol. The van der Waals surface area contributed by atoms with Crippen molar-refractivity contribution in [2.75, 3.05) is 13.1 Å². The summed E-state index contributed by atoms with van der Waals surface area (Å²) in [7, 11) is 0. The number of amides is 1. The van der Waals surface area contributed by atoms with Crippen LogP contribution in [0.15, 0.2) is 30.3 Å². The monoisotopic (exact) mass is 218 g/mol. The van der Waals surface area contributed by atoms with Crippen molar-refractivity contribution in [2.45, 2.75) is 25.9 Å². The van der Waals surface area contributed by atoms with Crippen molar-refractivity contribution in [3.8, 4) is 0 Å². The third-order valence-corrected chi connectivity index (χ3v) is 3.08. The quantitative estimate of drug-likeness (QED) is 0.775. The largest absolute Gasteiger partial charge is 0.331 e. The van der Waals surface area contributed by atoms with E-state index in [4.69, 9.17) is 0 Å². The minimum absolute atomic E-state index is 0.141. The Bertz CT molecular complexity index is 353. The zero-order chi connectivity index (χ0) is 11.5. The lowest BCUT2D eigenvalue weighted by molar-refractivity contribution is 0.0544. The number of benzene rings is 1. The summed E-state index contributed by atoms with van der Waals surface area (Å²) >= 11 is 0. The molecule has 2 unspecified atom stereocenters. The molecule has 0 aromatic heterocycles. The van der Waals surface area contributed by atoms with E-state index in [0.717, 1.165) is 18.7 Å². The van der Waals surface area contributed by atoms with E-state index in [9.17, 15) is 4.79 Å². The topological polar surface area (TPSA) is 32.3 Å². The zero-order valence-electron chi connectivity index (χ0n) is 9.81. The number of rotatable bonds is 1. The number of piperazine rings is 1. The van der Waals surface area contributed by atoms with Gasteiger partial charge in [0, 0.05) is 30.7 Å². The van der Waals surface area contributed by atoms with E-state index in [1.165, 1.54) is 0 Å². The van der Waals surface area contributed by atoms with Crippen LogP contribution in [0.25, 0.3) is 0 Å². The molecule has 2 rings (SSSR count). The van der Waals surface area contributed by atoms with Gasteiger partial charge in [-0.25, -0.2) is 0 Å². The van der Waals surface area contributed by atoms with Crippen molar-refractivity contribution in [3.05, 3.63) is 35.9 Å². The van der Waals surface area contributed by atoms with E-state index >= 15 is 0 Å². The number of nitrogens with zero attached hydrogens (tertiary/aromatic N) is 1. The fraction of sp³-hybridized carbons (Fsp3) is 0.462. The maximum Gasteiger partial charge on any atom is 0.254 e. The maximum absolute atomic E-state index is 12.3. The molecule has 1 aromatic rings. The van der Waals surface area contributed by atoms with Gasteiger partial charge in [-0.3, -0.25) is 4.79 Å². The van der Waals surface area contributed by atoms with Crippen LogP contribution in [0.3, 0.4) is 0 Å². The van der Waals surface area contributed by atoms with Crippen LogP contribution in [0.4, 0.5) is 0 Å². The highest BCUT2D eigenvalue weighted by atomic mass is 16.2. The Kier molecular flexibility index (Phi) is 3.25. The number of nitrogens with one attached hydrogen (secondary N) is 1. The third kappa shape index (κ3) is 2.09. The molecule has 3 nitrogen and oxygen atoms in total. The average Bonchev–Trinajstić information content (AvgIpc) is 2.30. The standard InChI is InChI=1S/C13H18N2O/c1-10-8-14-9-11(2)15(10)13(16)12-6-4-3-5-7-12/h3-7,10-11,14H,8-9H2,1-2H3. The summed E-state index contributed by atoms with van der Waals surface area (Å²) in [5, 5.41) is 3.33. The molecule has 0 radical (unpaired) electrons. The molecule has 1 aromatic carbocycles. The third-order valence-electron chi connectivity index (χ3n) is 3.08. The Hall–Kier alpha value is -1.35. The van der Waals surface area contributed by atoms with Gasteiger partial charge in [-0.05, 0) is 26.0 Å². The summed E-state index contributed by atoms with van der Waals surface area (Å²) in [6.45, 7) is 5.93. The SMILES string of the molecule is CC1CNCC(C)N1C(=O)c1ccccc1. The zero-order valence-corrected chi connectivity index (χ0v) is 9.81. The Morgan fingerprint density at radius 2 is 1.75 bits per heavy atom. The lowest BCUT2D eigenvalue weighted by Gasteiger charge is -2.39. The molecule has 0 bridgehead atoms. The van der Waals surface area contributed by atoms with Gasteiger partial charge in [-0.1, -0.05) is 18.2 Å². The normalized spacial score (nSPS) is 25.5. The van der Waals surface area contributed by atoms with Gasteiger partial charge in [0.15, 0.2) is 0 Å². The first-order valence-corrected chi connectivity index (χ1v) is 5.78. The van der Waals surface area contributed by atoms with Crippen molar-refractivity contribution in [3.63, 3.8) is 0 Å². The molecule has 1 heterocycles. The summed E-state index contributed by atoms with van der Waals surface area (Å²) < 4.78 is 0. The number of carbonyl (C=O) groups excluding carboxylic acids is 1. The molecular formula is C13H18N2O. The Morgan fingerprint density at radius 3 is 2.31 bits per heavy atom. The molecule has 86 valence electrons. The summed E-state index contributed by atoms with van der Waals surface area (Å²) in [6, 6.07) is 10.0. The van der Waals surface area contributed by atoms with Crippen LogP contribution in [-0.4, -0.2) is 36.0 Å². The molecule has 1 saturated heterocycles. The van der Waals surface area contributed by atoms with Gasteiger partial charge in [0.1, 0.15) is 0 Å². The second-order valence-corrected chi connectivity index (χ2v) is 4.43. The molecule has 1 aliphatic heterocycles. The summed E-state index contributed by atoms with van der Waals surface area (Å²) in [6.07, 6.45) is 0. The number of carbonyl (C=O) groups is 1. The van der Waals surface area contributed by atoms with E-state index in [2.05, 4.69) is 19.2 Å². The highest BCUT2D eigenvalue weighted by molar-refractivity contribution is 5.94. The van der Waals surface area contributed by atoms with Gasteiger partial charge in [-0.2, -0.15) is 0 Å². The summed E-state index contributed by atoms with van der Waals surface area (Å²) in [5.74, 6) is 0.141. The fourth-order valence-electron chi connectivity index (χ4n) is 2.26. The van der Waals surface area contributed by atoms with Gasteiger partial charge in [0.05, 0.1) is 0 Å². The van der Waals surface area contributed by atoms with Gasteiger partial charge in [0.2, 0.25) is 0 Å². The Labute approximate surface area is 96.5 Å². The molecule has 2 atom stereocenters. The first-order valence-electron chi connectivity index (χ1n) is 5.78. The second kappa shape index (κ2) is 4.66. The highest BCUT2D eigenvalue weighted by Crippen LogP contribution is 2.14. The van der Waals surface area contributed by atoms with Crippen LogP contribution in [0.5, 0.6) is 0 Å². The minimum Gasteiger partial charge on any atom is -0.331 e. The molecule has 1 N–H and O–H groups in total. The molecule has 1 aliphatic rings. The van der Waals surface area contributed by atoms with Crippen molar-refractivity contribution in [1.82, 2.24) is 10.2 Å². The first-order chi connectivity index (χ1) is 7.70. The van der Waals surface area contributed by atoms with Crippen LogP contribution in [0.1, 0.15) is 24.2 Å². The highest BCUT2D eigenvalue weighted by Gasteiger charge is 2.29. The minimum atomic E-state index is 0.141. The Morgan fingerprint density at radius 1 is 1.19 bits per heavy atom. The average molecular weight is 218 g/mol. The van der Waals surface area contributed by atoms with Crippen molar-refractivity contribution >= 4 is 5.91 Å². The molecule has 0 spiro atoms. The molecule has 16 heavy (non-hydrogen) atoms. The maximum atomic E-state index is 12.3. The molecular weight excluding hydrogens is 200 g/mol. The number of hydrogen-bond acceptors (Lipinski definition) is 2. The molecule has 0 aliphatic carbocycles. The van der Waals surface area contributed by atoms with Crippen LogP contribution in [0.2, 0.25) is 0 Å². The van der Waals surface area contributed by atoms with Crippen molar-refractivity contribution in [1.29, 1.82) is 0 Å². The van der Waals surface area contributed by atoms with Gasteiger partial charge in [-0.15, -0.1) is 0 Å².